The molecule has 76 valence electrons. The van der Waals surface area contributed by atoms with Gasteiger partial charge in [-0.15, -0.1) is 0 Å². The summed E-state index contributed by atoms with van der Waals surface area (Å²) in [6, 6.07) is 7.49. The number of carbonyl (C=O) groups excluding carboxylic acids is 1. The van der Waals surface area contributed by atoms with E-state index in [2.05, 4.69) is 0 Å². The molecule has 3 nitrogen and oxygen atoms in total. The molecule has 0 saturated heterocycles. The van der Waals surface area contributed by atoms with Crippen molar-refractivity contribution in [1.29, 1.82) is 0 Å². The van der Waals surface area contributed by atoms with Crippen LogP contribution in [0.1, 0.15) is 25.5 Å². The molecule has 1 aromatic rings. The average Bonchev–Trinajstić information content (AvgIpc) is 2.16. The van der Waals surface area contributed by atoms with E-state index in [-0.39, 0.29) is 12.1 Å². The van der Waals surface area contributed by atoms with Gasteiger partial charge in [0.15, 0.2) is 0 Å². The minimum atomic E-state index is -0.289. The first-order valence-corrected chi connectivity index (χ1v) is 4.45. The second-order valence-electron chi connectivity index (χ2n) is 2.99. The molecule has 0 aromatic heterocycles. The number of rotatable bonds is 3. The normalized spacial score (nSPS) is 11.9. The summed E-state index contributed by atoms with van der Waals surface area (Å²) in [6.45, 7) is 3.21. The second kappa shape index (κ2) is 4.65. The Balaban J connectivity index is 2.87. The Morgan fingerprint density at radius 1 is 1.36 bits per heavy atom. The minimum absolute atomic E-state index is 0.274. The molecule has 0 radical (unpaired) electrons. The van der Waals surface area contributed by atoms with Crippen molar-refractivity contribution in [3.05, 3.63) is 29.8 Å². The lowest BCUT2D eigenvalue weighted by atomic mass is 10.1. The van der Waals surface area contributed by atoms with E-state index in [9.17, 15) is 4.79 Å². The Morgan fingerprint density at radius 3 is 2.57 bits per heavy atom. The van der Waals surface area contributed by atoms with Crippen LogP contribution in [0.25, 0.3) is 0 Å². The number of benzene rings is 1. The summed E-state index contributed by atoms with van der Waals surface area (Å²) >= 11 is 0. The van der Waals surface area contributed by atoms with E-state index in [1.54, 1.807) is 7.11 Å². The minimum Gasteiger partial charge on any atom is -0.496 e. The Kier molecular flexibility index (Phi) is 3.51. The van der Waals surface area contributed by atoms with Gasteiger partial charge in [0.25, 0.3) is 0 Å². The third kappa shape index (κ3) is 2.49. The molecule has 1 rings (SSSR count). The Hall–Kier alpha value is -1.51. The lowest BCUT2D eigenvalue weighted by Gasteiger charge is -2.15. The third-order valence-corrected chi connectivity index (χ3v) is 1.92. The summed E-state index contributed by atoms with van der Waals surface area (Å²) in [7, 11) is 1.60. The maximum Gasteiger partial charge on any atom is 0.303 e. The van der Waals surface area contributed by atoms with Crippen molar-refractivity contribution in [2.24, 2.45) is 0 Å². The van der Waals surface area contributed by atoms with Crippen LogP contribution in [0, 0.1) is 0 Å². The van der Waals surface area contributed by atoms with Crippen molar-refractivity contribution in [2.75, 3.05) is 7.11 Å². The second-order valence-corrected chi connectivity index (χ2v) is 2.99. The van der Waals surface area contributed by atoms with Gasteiger partial charge in [0, 0.05) is 12.5 Å². The molecular formula is C11H14O3. The fourth-order valence-electron chi connectivity index (χ4n) is 1.31. The molecule has 0 saturated carbocycles. The number of hydrogen-bond acceptors (Lipinski definition) is 3. The predicted molar refractivity (Wildman–Crippen MR) is 53.2 cm³/mol. The van der Waals surface area contributed by atoms with Crippen molar-refractivity contribution in [1.82, 2.24) is 0 Å². The van der Waals surface area contributed by atoms with E-state index in [4.69, 9.17) is 9.47 Å². The summed E-state index contributed by atoms with van der Waals surface area (Å²) < 4.78 is 10.2. The third-order valence-electron chi connectivity index (χ3n) is 1.92. The molecule has 3 heteroatoms. The molecule has 0 spiro atoms. The zero-order valence-electron chi connectivity index (χ0n) is 8.61. The van der Waals surface area contributed by atoms with Gasteiger partial charge >= 0.3 is 5.97 Å². The van der Waals surface area contributed by atoms with E-state index in [1.165, 1.54) is 6.92 Å². The van der Waals surface area contributed by atoms with Crippen molar-refractivity contribution >= 4 is 5.97 Å². The summed E-state index contributed by atoms with van der Waals surface area (Å²) in [4.78, 5) is 10.8. The Labute approximate surface area is 83.6 Å². The highest BCUT2D eigenvalue weighted by Gasteiger charge is 2.12. The van der Waals surface area contributed by atoms with Crippen molar-refractivity contribution in [3.8, 4) is 5.75 Å². The molecular weight excluding hydrogens is 180 g/mol. The van der Waals surface area contributed by atoms with Crippen LogP contribution in [0.5, 0.6) is 5.75 Å². The van der Waals surface area contributed by atoms with Gasteiger partial charge in [-0.05, 0) is 13.0 Å². The highest BCUT2D eigenvalue weighted by Crippen LogP contribution is 2.26. The molecule has 0 bridgehead atoms. The number of esters is 1. The van der Waals surface area contributed by atoms with Crippen molar-refractivity contribution in [2.45, 2.75) is 20.0 Å². The zero-order valence-corrected chi connectivity index (χ0v) is 8.61. The highest BCUT2D eigenvalue weighted by atomic mass is 16.5. The SMILES string of the molecule is COc1ccccc1[C@H](C)OC(C)=O. The summed E-state index contributed by atoms with van der Waals surface area (Å²) in [5, 5.41) is 0. The van der Waals surface area contributed by atoms with E-state index in [1.807, 2.05) is 31.2 Å². The lowest BCUT2D eigenvalue weighted by Crippen LogP contribution is -2.06. The molecule has 0 aliphatic heterocycles. The van der Waals surface area contributed by atoms with Crippen molar-refractivity contribution < 1.29 is 14.3 Å². The first kappa shape index (κ1) is 10.6. The molecule has 0 aliphatic rings. The molecule has 0 fully saturated rings. The first-order chi connectivity index (χ1) is 6.65. The number of methoxy groups -OCH3 is 1. The summed E-state index contributed by atoms with van der Waals surface area (Å²) in [6.07, 6.45) is -0.274. The number of para-hydroxylation sites is 1. The zero-order chi connectivity index (χ0) is 10.6. The summed E-state index contributed by atoms with van der Waals surface area (Å²) in [5.74, 6) is 0.449. The van der Waals surface area contributed by atoms with Crippen LogP contribution in [-0.4, -0.2) is 13.1 Å². The topological polar surface area (TPSA) is 35.5 Å². The van der Waals surface area contributed by atoms with Gasteiger partial charge in [-0.25, -0.2) is 0 Å². The number of carbonyl (C=O) groups is 1. The van der Waals surface area contributed by atoms with E-state index >= 15 is 0 Å². The van der Waals surface area contributed by atoms with Crippen LogP contribution in [0.2, 0.25) is 0 Å². The van der Waals surface area contributed by atoms with Crippen LogP contribution < -0.4 is 4.74 Å². The maximum absolute atomic E-state index is 10.8. The monoisotopic (exact) mass is 194 g/mol. The molecule has 14 heavy (non-hydrogen) atoms. The quantitative estimate of drug-likeness (QED) is 0.693. The smallest absolute Gasteiger partial charge is 0.303 e. The van der Waals surface area contributed by atoms with Gasteiger partial charge in [-0.3, -0.25) is 4.79 Å². The van der Waals surface area contributed by atoms with Crippen LogP contribution in [-0.2, 0) is 9.53 Å². The van der Waals surface area contributed by atoms with Crippen LogP contribution >= 0.6 is 0 Å². The predicted octanol–water partition coefficient (Wildman–Crippen LogP) is 2.32. The summed E-state index contributed by atoms with van der Waals surface area (Å²) in [5.41, 5.74) is 0.880. The Morgan fingerprint density at radius 2 is 2.00 bits per heavy atom. The highest BCUT2D eigenvalue weighted by molar-refractivity contribution is 5.66. The maximum atomic E-state index is 10.8. The number of ether oxygens (including phenoxy) is 2. The molecule has 0 aliphatic carbocycles. The lowest BCUT2D eigenvalue weighted by molar-refractivity contribution is -0.145. The molecule has 1 aromatic carbocycles. The fourth-order valence-corrected chi connectivity index (χ4v) is 1.31. The number of hydrogen-bond donors (Lipinski definition) is 0. The van der Waals surface area contributed by atoms with Crippen molar-refractivity contribution in [3.63, 3.8) is 0 Å². The van der Waals surface area contributed by atoms with E-state index in [0.717, 1.165) is 11.3 Å². The van der Waals surface area contributed by atoms with Gasteiger partial charge in [-0.2, -0.15) is 0 Å². The molecule has 0 N–H and O–H groups in total. The molecule has 1 atom stereocenters. The van der Waals surface area contributed by atoms with E-state index < -0.39 is 0 Å². The molecule has 0 heterocycles. The molecule has 0 amide bonds. The van der Waals surface area contributed by atoms with Gasteiger partial charge in [-0.1, -0.05) is 18.2 Å². The standard InChI is InChI=1S/C11H14O3/c1-8(14-9(2)12)10-6-4-5-7-11(10)13-3/h4-8H,1-3H3/t8-/m0/s1. The van der Waals surface area contributed by atoms with Crippen LogP contribution in [0.4, 0.5) is 0 Å². The van der Waals surface area contributed by atoms with E-state index in [0.29, 0.717) is 0 Å². The fraction of sp³-hybridized carbons (Fsp3) is 0.364. The van der Waals surface area contributed by atoms with Gasteiger partial charge in [0.2, 0.25) is 0 Å². The van der Waals surface area contributed by atoms with Gasteiger partial charge < -0.3 is 9.47 Å². The average molecular weight is 194 g/mol. The van der Waals surface area contributed by atoms with Crippen LogP contribution in [0.15, 0.2) is 24.3 Å². The van der Waals surface area contributed by atoms with Gasteiger partial charge in [0.05, 0.1) is 7.11 Å². The first-order valence-electron chi connectivity index (χ1n) is 4.45. The van der Waals surface area contributed by atoms with Gasteiger partial charge in [0.1, 0.15) is 11.9 Å². The Bertz CT molecular complexity index is 320. The molecule has 0 unspecified atom stereocenters. The van der Waals surface area contributed by atoms with Crippen LogP contribution in [0.3, 0.4) is 0 Å². The largest absolute Gasteiger partial charge is 0.496 e.